The summed E-state index contributed by atoms with van der Waals surface area (Å²) in [6.07, 6.45) is 0.849. The van der Waals surface area contributed by atoms with E-state index in [4.69, 9.17) is 9.47 Å². The van der Waals surface area contributed by atoms with Crippen LogP contribution in [0.5, 0.6) is 11.5 Å². The summed E-state index contributed by atoms with van der Waals surface area (Å²) in [5.41, 5.74) is 13.8. The Labute approximate surface area is 263 Å². The first-order valence-electron chi connectivity index (χ1n) is 15.4. The lowest BCUT2D eigenvalue weighted by atomic mass is 9.86. The zero-order valence-electron chi connectivity index (χ0n) is 24.9. The Kier molecular flexibility index (Phi) is 8.15. The van der Waals surface area contributed by atoms with Crippen LogP contribution in [0.3, 0.4) is 0 Å². The molecule has 6 aromatic rings. The molecule has 0 fully saturated rings. The molecule has 0 atom stereocenters. The Balaban J connectivity index is 1.45. The maximum atomic E-state index is 9.50. The van der Waals surface area contributed by atoms with Gasteiger partial charge in [0.05, 0.1) is 13.2 Å². The van der Waals surface area contributed by atoms with E-state index in [1.54, 1.807) is 0 Å². The molecule has 2 N–H and O–H groups in total. The normalized spacial score (nSPS) is 11.6. The molecule has 0 bridgehead atoms. The maximum Gasteiger partial charge on any atom is 0.127 e. The third-order valence-electron chi connectivity index (χ3n) is 8.41. The molecule has 1 aliphatic rings. The molecule has 4 heteroatoms. The standard InChI is InChI=1S/C41H34O4/c42-21-23-44-39-19-15-31(25-36(39)28-9-3-1-4-10-28)34-17-18-35-33-14-8-7-13-30(33)26-38(35)41(34)32-16-20-40(45-24-22-43)37(27-32)29-11-5-2-6-12-29/h1-20,25,27,42-43H,21-24,26H2. The number of fused-ring (bicyclic) bond motifs is 3. The zero-order valence-corrected chi connectivity index (χ0v) is 24.9. The van der Waals surface area contributed by atoms with Crippen LogP contribution in [0.25, 0.3) is 55.6 Å². The van der Waals surface area contributed by atoms with Crippen molar-refractivity contribution in [1.82, 2.24) is 0 Å². The van der Waals surface area contributed by atoms with Gasteiger partial charge < -0.3 is 19.7 Å². The molecule has 0 aliphatic heterocycles. The zero-order chi connectivity index (χ0) is 30.6. The largest absolute Gasteiger partial charge is 0.491 e. The van der Waals surface area contributed by atoms with Crippen LogP contribution in [0.1, 0.15) is 11.1 Å². The Morgan fingerprint density at radius 2 is 0.978 bits per heavy atom. The highest BCUT2D eigenvalue weighted by Crippen LogP contribution is 2.48. The van der Waals surface area contributed by atoms with Gasteiger partial charge in [-0.15, -0.1) is 0 Å². The second kappa shape index (κ2) is 12.8. The number of ether oxygens (including phenoxy) is 2. The quantitative estimate of drug-likeness (QED) is 0.167. The molecule has 7 rings (SSSR count). The first-order chi connectivity index (χ1) is 22.2. The molecule has 0 saturated heterocycles. The summed E-state index contributed by atoms with van der Waals surface area (Å²) in [6.45, 7) is 0.363. The van der Waals surface area contributed by atoms with Gasteiger partial charge in [-0.2, -0.15) is 0 Å². The molecule has 1 aliphatic carbocycles. The van der Waals surface area contributed by atoms with Crippen molar-refractivity contribution in [3.8, 4) is 67.1 Å². The smallest absolute Gasteiger partial charge is 0.127 e. The van der Waals surface area contributed by atoms with Crippen LogP contribution in [0.15, 0.2) is 133 Å². The van der Waals surface area contributed by atoms with Gasteiger partial charge in [0.1, 0.15) is 24.7 Å². The van der Waals surface area contributed by atoms with Crippen LogP contribution in [-0.4, -0.2) is 36.6 Å². The van der Waals surface area contributed by atoms with Crippen molar-refractivity contribution in [2.75, 3.05) is 26.4 Å². The third kappa shape index (κ3) is 5.62. The molecule has 6 aromatic carbocycles. The van der Waals surface area contributed by atoms with Gasteiger partial charge in [0, 0.05) is 11.1 Å². The van der Waals surface area contributed by atoms with Crippen LogP contribution in [-0.2, 0) is 6.42 Å². The van der Waals surface area contributed by atoms with E-state index >= 15 is 0 Å². The fourth-order valence-corrected chi connectivity index (χ4v) is 6.41. The molecule has 0 spiro atoms. The van der Waals surface area contributed by atoms with E-state index in [2.05, 4.69) is 84.9 Å². The van der Waals surface area contributed by atoms with Crippen LogP contribution in [0, 0.1) is 0 Å². The molecule has 4 nitrogen and oxygen atoms in total. The molecule has 222 valence electrons. The minimum absolute atomic E-state index is 0.0483. The van der Waals surface area contributed by atoms with Crippen molar-refractivity contribution in [3.63, 3.8) is 0 Å². The summed E-state index contributed by atoms with van der Waals surface area (Å²) in [5.74, 6) is 1.49. The molecule has 0 heterocycles. The molecule has 0 aromatic heterocycles. The van der Waals surface area contributed by atoms with Gasteiger partial charge in [-0.05, 0) is 86.3 Å². The van der Waals surface area contributed by atoms with Crippen molar-refractivity contribution in [1.29, 1.82) is 0 Å². The van der Waals surface area contributed by atoms with Gasteiger partial charge in [-0.25, -0.2) is 0 Å². The van der Waals surface area contributed by atoms with E-state index in [1.165, 1.54) is 27.8 Å². The minimum Gasteiger partial charge on any atom is -0.491 e. The Morgan fingerprint density at radius 1 is 0.444 bits per heavy atom. The average Bonchev–Trinajstić information content (AvgIpc) is 3.49. The molecular formula is C41H34O4. The van der Waals surface area contributed by atoms with Crippen LogP contribution < -0.4 is 9.47 Å². The second-order valence-electron chi connectivity index (χ2n) is 11.1. The van der Waals surface area contributed by atoms with Crippen LogP contribution >= 0.6 is 0 Å². The van der Waals surface area contributed by atoms with Gasteiger partial charge in [-0.1, -0.05) is 109 Å². The maximum absolute atomic E-state index is 9.50. The number of rotatable bonds is 10. The molecule has 0 amide bonds. The molecule has 45 heavy (non-hydrogen) atoms. The van der Waals surface area contributed by atoms with Gasteiger partial charge in [0.25, 0.3) is 0 Å². The summed E-state index contributed by atoms with van der Waals surface area (Å²) in [6, 6.07) is 46.4. The van der Waals surface area contributed by atoms with E-state index in [9.17, 15) is 10.2 Å². The van der Waals surface area contributed by atoms with Crippen molar-refractivity contribution in [2.24, 2.45) is 0 Å². The third-order valence-corrected chi connectivity index (χ3v) is 8.41. The van der Waals surface area contributed by atoms with Crippen LogP contribution in [0.2, 0.25) is 0 Å². The summed E-state index contributed by atoms with van der Waals surface area (Å²) in [5, 5.41) is 19.0. The lowest BCUT2D eigenvalue weighted by molar-refractivity contribution is 0.202. The topological polar surface area (TPSA) is 58.9 Å². The van der Waals surface area contributed by atoms with Gasteiger partial charge >= 0.3 is 0 Å². The van der Waals surface area contributed by atoms with Crippen molar-refractivity contribution in [2.45, 2.75) is 6.42 Å². The highest BCUT2D eigenvalue weighted by molar-refractivity contribution is 5.96. The van der Waals surface area contributed by atoms with Crippen molar-refractivity contribution < 1.29 is 19.7 Å². The van der Waals surface area contributed by atoms with E-state index in [0.717, 1.165) is 56.9 Å². The molecule has 0 saturated carbocycles. The monoisotopic (exact) mass is 590 g/mol. The number of benzene rings is 6. The predicted octanol–water partition coefficient (Wildman–Crippen LogP) is 8.67. The second-order valence-corrected chi connectivity index (χ2v) is 11.1. The number of hydrogen-bond acceptors (Lipinski definition) is 4. The van der Waals surface area contributed by atoms with Gasteiger partial charge in [-0.3, -0.25) is 0 Å². The Hall–Kier alpha value is -5.16. The highest BCUT2D eigenvalue weighted by atomic mass is 16.5. The highest BCUT2D eigenvalue weighted by Gasteiger charge is 2.25. The molecule has 0 unspecified atom stereocenters. The van der Waals surface area contributed by atoms with Crippen molar-refractivity contribution >= 4 is 0 Å². The van der Waals surface area contributed by atoms with E-state index in [0.29, 0.717) is 0 Å². The Bertz CT molecular complexity index is 1950. The summed E-state index contributed by atoms with van der Waals surface area (Å²) < 4.78 is 12.0. The summed E-state index contributed by atoms with van der Waals surface area (Å²) in [7, 11) is 0. The average molecular weight is 591 g/mol. The van der Waals surface area contributed by atoms with E-state index in [-0.39, 0.29) is 26.4 Å². The predicted molar refractivity (Wildman–Crippen MR) is 182 cm³/mol. The lowest BCUT2D eigenvalue weighted by Gasteiger charge is -2.20. The van der Waals surface area contributed by atoms with Gasteiger partial charge in [0.15, 0.2) is 0 Å². The van der Waals surface area contributed by atoms with E-state index < -0.39 is 0 Å². The minimum atomic E-state index is -0.0493. The van der Waals surface area contributed by atoms with E-state index in [1.807, 2.05) is 48.5 Å². The molecular weight excluding hydrogens is 556 g/mol. The fraction of sp³-hybridized carbons (Fsp3) is 0.122. The van der Waals surface area contributed by atoms with Crippen molar-refractivity contribution in [3.05, 3.63) is 145 Å². The summed E-state index contributed by atoms with van der Waals surface area (Å²) >= 11 is 0. The summed E-state index contributed by atoms with van der Waals surface area (Å²) in [4.78, 5) is 0. The first kappa shape index (κ1) is 28.6. The Morgan fingerprint density at radius 3 is 1.60 bits per heavy atom. The molecule has 0 radical (unpaired) electrons. The van der Waals surface area contributed by atoms with Gasteiger partial charge in [0.2, 0.25) is 0 Å². The number of aliphatic hydroxyl groups is 2. The van der Waals surface area contributed by atoms with Crippen LogP contribution in [0.4, 0.5) is 0 Å². The fourth-order valence-electron chi connectivity index (χ4n) is 6.41. The number of hydrogen-bond donors (Lipinski definition) is 2. The lowest BCUT2D eigenvalue weighted by Crippen LogP contribution is -2.03. The SMILES string of the molecule is OCCOc1ccc(-c2ccc3c(c2-c2ccc(OCCO)c(-c4ccccc4)c2)Cc2ccccc2-3)cc1-c1ccccc1. The first-order valence-corrected chi connectivity index (χ1v) is 15.4. The number of aliphatic hydroxyl groups excluding tert-OH is 2.